The van der Waals surface area contributed by atoms with Crippen molar-refractivity contribution >= 4 is 21.8 Å². The highest BCUT2D eigenvalue weighted by atomic mass is 79.9. The van der Waals surface area contributed by atoms with Crippen LogP contribution in [-0.2, 0) is 5.33 Å². The van der Waals surface area contributed by atoms with Gasteiger partial charge >= 0.3 is 0 Å². The smallest absolute Gasteiger partial charge is 0.251 e. The maximum absolute atomic E-state index is 12.2. The molecule has 2 rings (SSSR count). The molecule has 2 aromatic rings. The highest BCUT2D eigenvalue weighted by Gasteiger charge is 2.16. The van der Waals surface area contributed by atoms with Gasteiger partial charge in [-0.25, -0.2) is 0 Å². The first kappa shape index (κ1) is 13.9. The Balaban J connectivity index is 2.11. The van der Waals surface area contributed by atoms with Crippen LogP contribution in [-0.4, -0.2) is 5.91 Å². The minimum Gasteiger partial charge on any atom is -0.467 e. The lowest BCUT2D eigenvalue weighted by Gasteiger charge is -2.14. The lowest BCUT2D eigenvalue weighted by Crippen LogP contribution is -2.27. The van der Waals surface area contributed by atoms with Crippen LogP contribution in [0.3, 0.4) is 0 Å². The normalized spacial score (nSPS) is 12.1. The number of alkyl halides is 1. The molecule has 0 bridgehead atoms. The van der Waals surface area contributed by atoms with Crippen LogP contribution < -0.4 is 5.32 Å². The van der Waals surface area contributed by atoms with Gasteiger partial charge in [0.15, 0.2) is 0 Å². The van der Waals surface area contributed by atoms with Crippen molar-refractivity contribution in [3.63, 3.8) is 0 Å². The first-order valence-electron chi connectivity index (χ1n) is 6.23. The predicted molar refractivity (Wildman–Crippen MR) is 78.3 cm³/mol. The van der Waals surface area contributed by atoms with E-state index < -0.39 is 0 Å². The van der Waals surface area contributed by atoms with E-state index in [1.165, 1.54) is 0 Å². The highest BCUT2D eigenvalue weighted by molar-refractivity contribution is 9.08. The maximum Gasteiger partial charge on any atom is 0.251 e. The molecule has 19 heavy (non-hydrogen) atoms. The van der Waals surface area contributed by atoms with Crippen molar-refractivity contribution < 1.29 is 9.21 Å². The Morgan fingerprint density at radius 1 is 1.37 bits per heavy atom. The Morgan fingerprint density at radius 2 is 2.21 bits per heavy atom. The number of furan rings is 1. The zero-order valence-corrected chi connectivity index (χ0v) is 12.3. The summed E-state index contributed by atoms with van der Waals surface area (Å²) in [7, 11) is 0. The molecule has 0 saturated heterocycles. The molecule has 4 heteroatoms. The highest BCUT2D eigenvalue weighted by Crippen LogP contribution is 2.18. The van der Waals surface area contributed by atoms with E-state index in [9.17, 15) is 4.79 Å². The van der Waals surface area contributed by atoms with Gasteiger partial charge in [-0.15, -0.1) is 0 Å². The van der Waals surface area contributed by atoms with Gasteiger partial charge in [-0.05, 0) is 36.2 Å². The van der Waals surface area contributed by atoms with Crippen LogP contribution in [0.2, 0.25) is 0 Å². The SMILES string of the molecule is CCC(NC(=O)c1cccc(CBr)c1)c1ccco1. The number of carbonyl (C=O) groups is 1. The van der Waals surface area contributed by atoms with Crippen molar-refractivity contribution in [3.05, 3.63) is 59.5 Å². The predicted octanol–water partition coefficient (Wildman–Crippen LogP) is 4.06. The molecule has 100 valence electrons. The van der Waals surface area contributed by atoms with Crippen molar-refractivity contribution in [2.75, 3.05) is 0 Å². The molecule has 0 aliphatic heterocycles. The molecule has 1 amide bonds. The van der Waals surface area contributed by atoms with E-state index in [4.69, 9.17) is 4.42 Å². The van der Waals surface area contributed by atoms with E-state index in [1.807, 2.05) is 43.3 Å². The number of amides is 1. The Morgan fingerprint density at radius 3 is 2.84 bits per heavy atom. The number of halogens is 1. The summed E-state index contributed by atoms with van der Waals surface area (Å²) in [5.74, 6) is 0.707. The summed E-state index contributed by atoms with van der Waals surface area (Å²) in [5, 5.41) is 3.73. The molecule has 1 N–H and O–H groups in total. The summed E-state index contributed by atoms with van der Waals surface area (Å²) in [5.41, 5.74) is 1.75. The summed E-state index contributed by atoms with van der Waals surface area (Å²) >= 11 is 3.39. The Bertz CT molecular complexity index is 537. The molecule has 1 aromatic carbocycles. The lowest BCUT2D eigenvalue weighted by molar-refractivity contribution is 0.0930. The molecular weight excluding hydrogens is 306 g/mol. The second kappa shape index (κ2) is 6.57. The second-order valence-electron chi connectivity index (χ2n) is 4.28. The summed E-state index contributed by atoms with van der Waals surface area (Å²) in [6, 6.07) is 11.2. The number of hydrogen-bond donors (Lipinski definition) is 1. The summed E-state index contributed by atoms with van der Waals surface area (Å²) in [4.78, 5) is 12.2. The van der Waals surface area contributed by atoms with Crippen LogP contribution in [0.4, 0.5) is 0 Å². The molecule has 0 fully saturated rings. The van der Waals surface area contributed by atoms with Gasteiger partial charge in [-0.3, -0.25) is 4.79 Å². The van der Waals surface area contributed by atoms with Crippen molar-refractivity contribution in [1.82, 2.24) is 5.32 Å². The largest absolute Gasteiger partial charge is 0.467 e. The molecule has 0 saturated carbocycles. The van der Waals surface area contributed by atoms with Gasteiger partial charge in [-0.2, -0.15) is 0 Å². The fourth-order valence-corrected chi connectivity index (χ4v) is 2.25. The van der Waals surface area contributed by atoms with Crippen LogP contribution in [0.5, 0.6) is 0 Å². The fraction of sp³-hybridized carbons (Fsp3) is 0.267. The van der Waals surface area contributed by atoms with Crippen molar-refractivity contribution in [2.24, 2.45) is 0 Å². The van der Waals surface area contributed by atoms with Crippen LogP contribution in [0.1, 0.15) is 41.1 Å². The molecule has 0 aliphatic rings. The first-order chi connectivity index (χ1) is 9.24. The standard InChI is InChI=1S/C15H16BrNO2/c1-2-13(14-7-4-8-19-14)17-15(18)12-6-3-5-11(9-12)10-16/h3-9,13H,2,10H2,1H3,(H,17,18). The molecule has 0 radical (unpaired) electrons. The molecule has 0 aliphatic carbocycles. The Kier molecular flexibility index (Phi) is 4.80. The Hall–Kier alpha value is -1.55. The van der Waals surface area contributed by atoms with E-state index in [2.05, 4.69) is 21.2 Å². The summed E-state index contributed by atoms with van der Waals surface area (Å²) in [6.07, 6.45) is 2.41. The molecule has 1 atom stereocenters. The zero-order chi connectivity index (χ0) is 13.7. The van der Waals surface area contributed by atoms with Gasteiger partial charge in [0.05, 0.1) is 12.3 Å². The molecule has 0 spiro atoms. The average Bonchev–Trinajstić information content (AvgIpc) is 2.98. The average molecular weight is 322 g/mol. The minimum atomic E-state index is -0.0878. The van der Waals surface area contributed by atoms with E-state index in [0.29, 0.717) is 5.56 Å². The van der Waals surface area contributed by atoms with Gasteiger partial charge in [0.2, 0.25) is 0 Å². The number of benzene rings is 1. The van der Waals surface area contributed by atoms with E-state index >= 15 is 0 Å². The number of hydrogen-bond acceptors (Lipinski definition) is 2. The first-order valence-corrected chi connectivity index (χ1v) is 7.36. The van der Waals surface area contributed by atoms with Crippen LogP contribution in [0, 0.1) is 0 Å². The van der Waals surface area contributed by atoms with Crippen molar-refractivity contribution in [3.8, 4) is 0 Å². The molecule has 1 heterocycles. The van der Waals surface area contributed by atoms with Gasteiger partial charge in [0.1, 0.15) is 5.76 Å². The monoisotopic (exact) mass is 321 g/mol. The summed E-state index contributed by atoms with van der Waals surface area (Å²) in [6.45, 7) is 2.02. The van der Waals surface area contributed by atoms with Gasteiger partial charge < -0.3 is 9.73 Å². The van der Waals surface area contributed by atoms with Crippen molar-refractivity contribution in [2.45, 2.75) is 24.7 Å². The maximum atomic E-state index is 12.2. The third kappa shape index (κ3) is 3.47. The molecule has 1 unspecified atom stereocenters. The number of carbonyl (C=O) groups excluding carboxylic acids is 1. The van der Waals surface area contributed by atoms with Crippen LogP contribution >= 0.6 is 15.9 Å². The topological polar surface area (TPSA) is 42.2 Å². The third-order valence-corrected chi connectivity index (χ3v) is 3.59. The zero-order valence-electron chi connectivity index (χ0n) is 10.7. The van der Waals surface area contributed by atoms with Gasteiger partial charge in [0.25, 0.3) is 5.91 Å². The molecule has 3 nitrogen and oxygen atoms in total. The third-order valence-electron chi connectivity index (χ3n) is 2.94. The second-order valence-corrected chi connectivity index (χ2v) is 4.84. The van der Waals surface area contributed by atoms with Gasteiger partial charge in [0, 0.05) is 10.9 Å². The lowest BCUT2D eigenvalue weighted by atomic mass is 10.1. The Labute approximate surface area is 121 Å². The van der Waals surface area contributed by atoms with Crippen LogP contribution in [0.25, 0.3) is 0 Å². The fourth-order valence-electron chi connectivity index (χ4n) is 1.90. The number of nitrogens with one attached hydrogen (secondary N) is 1. The van der Waals surface area contributed by atoms with Crippen LogP contribution in [0.15, 0.2) is 47.1 Å². The summed E-state index contributed by atoms with van der Waals surface area (Å²) < 4.78 is 5.35. The molecular formula is C15H16BrNO2. The number of rotatable bonds is 5. The molecule has 1 aromatic heterocycles. The van der Waals surface area contributed by atoms with E-state index in [1.54, 1.807) is 6.26 Å². The minimum absolute atomic E-state index is 0.0777. The van der Waals surface area contributed by atoms with E-state index in [-0.39, 0.29) is 11.9 Å². The quantitative estimate of drug-likeness (QED) is 0.844. The van der Waals surface area contributed by atoms with Crippen molar-refractivity contribution in [1.29, 1.82) is 0 Å². The van der Waals surface area contributed by atoms with E-state index in [0.717, 1.165) is 23.1 Å². The van der Waals surface area contributed by atoms with Gasteiger partial charge in [-0.1, -0.05) is 35.0 Å².